The van der Waals surface area contributed by atoms with E-state index in [-0.39, 0.29) is 0 Å². The molecule has 0 unspecified atom stereocenters. The summed E-state index contributed by atoms with van der Waals surface area (Å²) in [7, 11) is 0. The molecule has 0 bridgehead atoms. The molecule has 1 nitrogen and oxygen atoms in total. The predicted octanol–water partition coefficient (Wildman–Crippen LogP) is 2.39. The monoisotopic (exact) mass is 111 g/mol. The molecule has 0 aromatic heterocycles. The van der Waals surface area contributed by atoms with Crippen LogP contribution < -0.4 is 0 Å². The van der Waals surface area contributed by atoms with E-state index in [1.165, 1.54) is 0 Å². The van der Waals surface area contributed by atoms with E-state index < -0.39 is 0 Å². The zero-order chi connectivity index (χ0) is 6.24. The molecule has 0 aromatic rings. The van der Waals surface area contributed by atoms with Crippen molar-refractivity contribution in [3.63, 3.8) is 0 Å². The zero-order valence-electron chi connectivity index (χ0n) is 5.59. The lowest BCUT2D eigenvalue weighted by Gasteiger charge is -1.74. The zero-order valence-corrected chi connectivity index (χ0v) is 5.59. The second kappa shape index (κ2) is 6.41. The van der Waals surface area contributed by atoms with E-state index in [1.54, 1.807) is 0 Å². The molecule has 0 rings (SSSR count). The number of rotatable bonds is 3. The van der Waals surface area contributed by atoms with Crippen LogP contribution in [-0.4, -0.2) is 6.21 Å². The van der Waals surface area contributed by atoms with E-state index in [4.69, 9.17) is 0 Å². The number of nitrogens with zero attached hydrogens (tertiary/aromatic N) is 1. The predicted molar refractivity (Wildman–Crippen MR) is 38.2 cm³/mol. The Morgan fingerprint density at radius 1 is 1.25 bits per heavy atom. The topological polar surface area (TPSA) is 12.4 Å². The molecule has 0 saturated carbocycles. The van der Waals surface area contributed by atoms with Gasteiger partial charge in [0.2, 0.25) is 0 Å². The quantitative estimate of drug-likeness (QED) is 0.496. The minimum Gasteiger partial charge on any atom is -0.269 e. The molecule has 0 spiro atoms. The molecular formula is C7H13N. The second-order valence-electron chi connectivity index (χ2n) is 1.53. The average molecular weight is 111 g/mol. The normalized spacial score (nSPS) is 11.8. The van der Waals surface area contributed by atoms with Crippen LogP contribution in [0.15, 0.2) is 17.3 Å². The Bertz CT molecular complexity index is 70.4. The molecule has 0 aliphatic carbocycles. The van der Waals surface area contributed by atoms with Crippen LogP contribution in [-0.2, 0) is 0 Å². The van der Waals surface area contributed by atoms with Crippen LogP contribution in [0.1, 0.15) is 26.7 Å². The first kappa shape index (κ1) is 7.41. The molecule has 0 aromatic carbocycles. The van der Waals surface area contributed by atoms with Gasteiger partial charge in [0.15, 0.2) is 0 Å². The molecule has 1 heteroatoms. The van der Waals surface area contributed by atoms with E-state index in [0.717, 1.165) is 12.8 Å². The Balaban J connectivity index is 3.13. The fourth-order valence-corrected chi connectivity index (χ4v) is 0.333. The van der Waals surface area contributed by atoms with Crippen molar-refractivity contribution in [2.24, 2.45) is 4.99 Å². The van der Waals surface area contributed by atoms with E-state index in [2.05, 4.69) is 18.8 Å². The first-order valence-corrected chi connectivity index (χ1v) is 3.08. The van der Waals surface area contributed by atoms with Gasteiger partial charge in [-0.15, -0.1) is 0 Å². The first-order chi connectivity index (χ1) is 3.91. The molecule has 0 saturated heterocycles. The minimum absolute atomic E-state index is 1.02. The van der Waals surface area contributed by atoms with Crippen molar-refractivity contribution in [1.82, 2.24) is 0 Å². The number of aliphatic imine (C=N–C) groups is 1. The first-order valence-electron chi connectivity index (χ1n) is 3.08. The molecule has 0 aliphatic rings. The summed E-state index contributed by atoms with van der Waals surface area (Å²) in [6, 6.07) is 0. The molecule has 0 N–H and O–H groups in total. The summed E-state index contributed by atoms with van der Waals surface area (Å²) in [6.45, 7) is 4.17. The Kier molecular flexibility index (Phi) is 5.94. The maximum Gasteiger partial charge on any atom is 0.0223 e. The van der Waals surface area contributed by atoms with Crippen molar-refractivity contribution >= 4 is 6.21 Å². The molecule has 8 heavy (non-hydrogen) atoms. The number of hydrogen-bond acceptors (Lipinski definition) is 1. The highest BCUT2D eigenvalue weighted by molar-refractivity contribution is 5.57. The van der Waals surface area contributed by atoms with Gasteiger partial charge >= 0.3 is 0 Å². The van der Waals surface area contributed by atoms with Crippen molar-refractivity contribution in [3.05, 3.63) is 12.3 Å². The Hall–Kier alpha value is -0.590. The van der Waals surface area contributed by atoms with E-state index in [0.29, 0.717) is 0 Å². The summed E-state index contributed by atoms with van der Waals surface area (Å²) in [5.41, 5.74) is 0. The Morgan fingerprint density at radius 3 is 2.50 bits per heavy atom. The van der Waals surface area contributed by atoms with Gasteiger partial charge in [-0.3, -0.25) is 4.99 Å². The van der Waals surface area contributed by atoms with Gasteiger partial charge in [-0.25, -0.2) is 0 Å². The van der Waals surface area contributed by atoms with Crippen LogP contribution >= 0.6 is 0 Å². The molecule has 0 amide bonds. The van der Waals surface area contributed by atoms with Crippen molar-refractivity contribution in [1.29, 1.82) is 0 Å². The summed E-state index contributed by atoms with van der Waals surface area (Å²) in [5, 5.41) is 0. The van der Waals surface area contributed by atoms with Gasteiger partial charge in [0.1, 0.15) is 0 Å². The van der Waals surface area contributed by atoms with Crippen LogP contribution in [0, 0.1) is 0 Å². The molecule has 0 heterocycles. The summed E-state index contributed by atoms with van der Waals surface area (Å²) < 4.78 is 0. The molecule has 0 aliphatic heterocycles. The van der Waals surface area contributed by atoms with E-state index in [1.807, 2.05) is 18.5 Å². The highest BCUT2D eigenvalue weighted by atomic mass is 14.7. The fourth-order valence-electron chi connectivity index (χ4n) is 0.333. The maximum absolute atomic E-state index is 3.97. The van der Waals surface area contributed by atoms with Crippen molar-refractivity contribution in [2.45, 2.75) is 26.7 Å². The smallest absolute Gasteiger partial charge is 0.0223 e. The van der Waals surface area contributed by atoms with E-state index >= 15 is 0 Å². The van der Waals surface area contributed by atoms with Gasteiger partial charge in [-0.2, -0.15) is 0 Å². The third-order valence-corrected chi connectivity index (χ3v) is 0.715. The van der Waals surface area contributed by atoms with Crippen LogP contribution in [0.4, 0.5) is 0 Å². The van der Waals surface area contributed by atoms with Crippen LogP contribution in [0.2, 0.25) is 0 Å². The van der Waals surface area contributed by atoms with Gasteiger partial charge in [0.05, 0.1) is 0 Å². The Morgan fingerprint density at radius 2 is 2.00 bits per heavy atom. The van der Waals surface area contributed by atoms with Crippen molar-refractivity contribution in [2.75, 3.05) is 0 Å². The fraction of sp³-hybridized carbons (Fsp3) is 0.571. The third-order valence-electron chi connectivity index (χ3n) is 0.715. The van der Waals surface area contributed by atoms with Crippen LogP contribution in [0.5, 0.6) is 0 Å². The lowest BCUT2D eigenvalue weighted by atomic mass is 10.5. The molecule has 0 atom stereocenters. The van der Waals surface area contributed by atoms with Gasteiger partial charge in [0.25, 0.3) is 0 Å². The molecule has 0 fully saturated rings. The highest BCUT2D eigenvalue weighted by Gasteiger charge is 1.62. The van der Waals surface area contributed by atoms with Gasteiger partial charge in [-0.05, 0) is 12.8 Å². The van der Waals surface area contributed by atoms with Gasteiger partial charge in [-0.1, -0.05) is 19.9 Å². The maximum atomic E-state index is 3.97. The summed E-state index contributed by atoms with van der Waals surface area (Å²) in [4.78, 5) is 3.97. The van der Waals surface area contributed by atoms with Crippen LogP contribution in [0.3, 0.4) is 0 Å². The summed E-state index contributed by atoms with van der Waals surface area (Å²) in [6.07, 6.45) is 7.86. The minimum atomic E-state index is 1.02. The largest absolute Gasteiger partial charge is 0.269 e. The summed E-state index contributed by atoms with van der Waals surface area (Å²) >= 11 is 0. The van der Waals surface area contributed by atoms with Crippen molar-refractivity contribution < 1.29 is 0 Å². The third kappa shape index (κ3) is 5.41. The lowest BCUT2D eigenvalue weighted by molar-refractivity contribution is 1.21. The SMILES string of the molecule is CC/C=C\N=C/CC. The summed E-state index contributed by atoms with van der Waals surface area (Å²) in [5.74, 6) is 0. The van der Waals surface area contributed by atoms with Crippen molar-refractivity contribution in [3.8, 4) is 0 Å². The van der Waals surface area contributed by atoms with Crippen LogP contribution in [0.25, 0.3) is 0 Å². The van der Waals surface area contributed by atoms with E-state index in [9.17, 15) is 0 Å². The highest BCUT2D eigenvalue weighted by Crippen LogP contribution is 1.79. The van der Waals surface area contributed by atoms with Gasteiger partial charge < -0.3 is 0 Å². The Labute approximate surface area is 51.1 Å². The van der Waals surface area contributed by atoms with Gasteiger partial charge in [0, 0.05) is 12.4 Å². The standard InChI is InChI=1S/C7H13N/c1-3-5-7-8-6-4-2/h5-7H,3-4H2,1-2H3/b7-5-,8-6-. The lowest BCUT2D eigenvalue weighted by Crippen LogP contribution is -1.62. The average Bonchev–Trinajstić information content (AvgIpc) is 1.81. The second-order valence-corrected chi connectivity index (χ2v) is 1.53. The molecular weight excluding hydrogens is 98.1 g/mol. The number of hydrogen-bond donors (Lipinski definition) is 0. The molecule has 46 valence electrons. The molecule has 0 radical (unpaired) electrons. The number of allylic oxidation sites excluding steroid dienone is 1.